The predicted octanol–water partition coefficient (Wildman–Crippen LogP) is 4.75. The lowest BCUT2D eigenvalue weighted by molar-refractivity contribution is 0.282. The van der Waals surface area contributed by atoms with Crippen LogP contribution >= 0.6 is 0 Å². The molecule has 3 rings (SSSR count). The van der Waals surface area contributed by atoms with Crippen molar-refractivity contribution in [3.63, 3.8) is 0 Å². The van der Waals surface area contributed by atoms with Crippen molar-refractivity contribution < 1.29 is 5.11 Å². The number of aryl methyl sites for hydroxylation is 1. The van der Waals surface area contributed by atoms with E-state index in [1.165, 1.54) is 12.0 Å². The highest BCUT2D eigenvalue weighted by Gasteiger charge is 2.10. The summed E-state index contributed by atoms with van der Waals surface area (Å²) in [5.74, 6) is 0. The molecule has 31 heavy (non-hydrogen) atoms. The van der Waals surface area contributed by atoms with E-state index in [-0.39, 0.29) is 6.61 Å². The van der Waals surface area contributed by atoms with E-state index < -0.39 is 0 Å². The Morgan fingerprint density at radius 3 is 2.29 bits per heavy atom. The molecule has 0 aliphatic carbocycles. The SMILES string of the molecule is CC.Cc1cn(-c2cccc(CO)c2)nc1-c1ccc(CN(C)CCCN(C)C)cc1. The van der Waals surface area contributed by atoms with Gasteiger partial charge >= 0.3 is 0 Å². The second-order valence-electron chi connectivity index (χ2n) is 8.02. The number of aromatic nitrogens is 2. The number of nitrogens with zero attached hydrogens (tertiary/aromatic N) is 4. The van der Waals surface area contributed by atoms with Crippen molar-refractivity contribution in [3.8, 4) is 16.9 Å². The van der Waals surface area contributed by atoms with Crippen LogP contribution < -0.4 is 0 Å². The summed E-state index contributed by atoms with van der Waals surface area (Å²) >= 11 is 0. The molecule has 0 radical (unpaired) electrons. The van der Waals surface area contributed by atoms with E-state index in [1.807, 2.05) is 49.0 Å². The molecule has 1 aromatic heterocycles. The van der Waals surface area contributed by atoms with Gasteiger partial charge in [-0.05, 0) is 76.4 Å². The molecule has 0 atom stereocenters. The molecule has 5 heteroatoms. The molecule has 0 fully saturated rings. The Kier molecular flexibility index (Phi) is 9.92. The van der Waals surface area contributed by atoms with Crippen LogP contribution in [0.25, 0.3) is 16.9 Å². The van der Waals surface area contributed by atoms with Crippen molar-refractivity contribution in [2.75, 3.05) is 34.2 Å². The number of benzene rings is 2. The fourth-order valence-electron chi connectivity index (χ4n) is 3.49. The monoisotopic (exact) mass is 422 g/mol. The van der Waals surface area contributed by atoms with Gasteiger partial charge in [0.2, 0.25) is 0 Å². The van der Waals surface area contributed by atoms with Gasteiger partial charge in [-0.1, -0.05) is 50.2 Å². The lowest BCUT2D eigenvalue weighted by Crippen LogP contribution is -2.23. The molecule has 5 nitrogen and oxygen atoms in total. The number of aliphatic hydroxyl groups is 1. The van der Waals surface area contributed by atoms with E-state index in [0.29, 0.717) is 0 Å². The molecule has 0 unspecified atom stereocenters. The van der Waals surface area contributed by atoms with Crippen molar-refractivity contribution in [2.24, 2.45) is 0 Å². The van der Waals surface area contributed by atoms with E-state index in [0.717, 1.165) is 47.7 Å². The maximum absolute atomic E-state index is 9.37. The molecule has 0 saturated carbocycles. The number of hydrogen-bond donors (Lipinski definition) is 1. The normalized spacial score (nSPS) is 11.0. The first-order valence-corrected chi connectivity index (χ1v) is 11.2. The highest BCUT2D eigenvalue weighted by atomic mass is 16.3. The van der Waals surface area contributed by atoms with Crippen molar-refractivity contribution >= 4 is 0 Å². The summed E-state index contributed by atoms with van der Waals surface area (Å²) in [6.07, 6.45) is 3.22. The highest BCUT2D eigenvalue weighted by Crippen LogP contribution is 2.24. The molecule has 0 aliphatic heterocycles. The van der Waals surface area contributed by atoms with E-state index in [4.69, 9.17) is 5.10 Å². The molecule has 2 aromatic carbocycles. The average molecular weight is 423 g/mol. The van der Waals surface area contributed by atoms with Gasteiger partial charge in [-0.25, -0.2) is 4.68 Å². The van der Waals surface area contributed by atoms with Crippen molar-refractivity contribution in [1.82, 2.24) is 19.6 Å². The summed E-state index contributed by atoms with van der Waals surface area (Å²) in [5.41, 5.74) is 6.41. The molecule has 1 heterocycles. The zero-order valence-corrected chi connectivity index (χ0v) is 20.0. The van der Waals surface area contributed by atoms with Gasteiger partial charge in [0.15, 0.2) is 0 Å². The molecule has 0 amide bonds. The Labute approximate surface area is 187 Å². The highest BCUT2D eigenvalue weighted by molar-refractivity contribution is 5.63. The standard InChI is InChI=1S/C24H32N4O.C2H6/c1-19-16-28(23-8-5-7-21(15-23)18-29)25-24(19)22-11-9-20(10-12-22)17-27(4)14-6-13-26(2)3;1-2/h5,7-12,15-16,29H,6,13-14,17-18H2,1-4H3;1-2H3. The topological polar surface area (TPSA) is 44.5 Å². The van der Waals surface area contributed by atoms with E-state index in [9.17, 15) is 5.11 Å². The molecule has 0 spiro atoms. The minimum atomic E-state index is 0.0337. The third-order valence-electron chi connectivity index (χ3n) is 5.08. The van der Waals surface area contributed by atoms with Gasteiger partial charge in [0, 0.05) is 18.3 Å². The fraction of sp³-hybridized carbons (Fsp3) is 0.423. The quantitative estimate of drug-likeness (QED) is 0.540. The fourth-order valence-corrected chi connectivity index (χ4v) is 3.49. The summed E-state index contributed by atoms with van der Waals surface area (Å²) in [5, 5.41) is 14.2. The lowest BCUT2D eigenvalue weighted by Gasteiger charge is -2.18. The van der Waals surface area contributed by atoms with Gasteiger partial charge < -0.3 is 14.9 Å². The van der Waals surface area contributed by atoms with Crippen molar-refractivity contribution in [2.45, 2.75) is 40.3 Å². The maximum Gasteiger partial charge on any atom is 0.0956 e. The first-order chi connectivity index (χ1) is 15.0. The van der Waals surface area contributed by atoms with Crippen LogP contribution in [-0.4, -0.2) is 58.9 Å². The summed E-state index contributed by atoms with van der Waals surface area (Å²) in [6.45, 7) is 9.28. The van der Waals surface area contributed by atoms with E-state index in [2.05, 4.69) is 62.1 Å². The zero-order chi connectivity index (χ0) is 22.8. The summed E-state index contributed by atoms with van der Waals surface area (Å²) in [6, 6.07) is 16.5. The summed E-state index contributed by atoms with van der Waals surface area (Å²) in [4.78, 5) is 4.59. The van der Waals surface area contributed by atoms with E-state index >= 15 is 0 Å². The lowest BCUT2D eigenvalue weighted by atomic mass is 10.1. The Morgan fingerprint density at radius 1 is 0.935 bits per heavy atom. The van der Waals surface area contributed by atoms with Gasteiger partial charge in [-0.2, -0.15) is 5.10 Å². The molecule has 0 saturated heterocycles. The first kappa shape index (κ1) is 24.8. The Hall–Kier alpha value is -2.47. The van der Waals surface area contributed by atoms with Crippen LogP contribution in [-0.2, 0) is 13.2 Å². The predicted molar refractivity (Wildman–Crippen MR) is 131 cm³/mol. The van der Waals surface area contributed by atoms with Crippen LogP contribution in [0, 0.1) is 6.92 Å². The number of aliphatic hydroxyl groups excluding tert-OH is 1. The Bertz CT molecular complexity index is 915. The average Bonchev–Trinajstić information content (AvgIpc) is 3.17. The molecule has 168 valence electrons. The summed E-state index contributed by atoms with van der Waals surface area (Å²) < 4.78 is 1.89. The largest absolute Gasteiger partial charge is 0.392 e. The molecule has 1 N–H and O–H groups in total. The number of hydrogen-bond acceptors (Lipinski definition) is 4. The van der Waals surface area contributed by atoms with Crippen molar-refractivity contribution in [1.29, 1.82) is 0 Å². The van der Waals surface area contributed by atoms with Crippen LogP contribution in [0.1, 0.15) is 37.0 Å². The maximum atomic E-state index is 9.37. The Morgan fingerprint density at radius 2 is 1.65 bits per heavy atom. The molecular formula is C26H38N4O. The smallest absolute Gasteiger partial charge is 0.0956 e. The number of rotatable bonds is 9. The third-order valence-corrected chi connectivity index (χ3v) is 5.08. The van der Waals surface area contributed by atoms with Crippen LogP contribution in [0.3, 0.4) is 0 Å². The van der Waals surface area contributed by atoms with Gasteiger partial charge in [0.05, 0.1) is 18.0 Å². The van der Waals surface area contributed by atoms with Crippen molar-refractivity contribution in [3.05, 3.63) is 71.4 Å². The zero-order valence-electron chi connectivity index (χ0n) is 20.0. The molecule has 0 aliphatic rings. The second kappa shape index (κ2) is 12.4. The molecular weight excluding hydrogens is 384 g/mol. The second-order valence-corrected chi connectivity index (χ2v) is 8.02. The van der Waals surface area contributed by atoms with Crippen LogP contribution in [0.15, 0.2) is 54.7 Å². The van der Waals surface area contributed by atoms with Gasteiger partial charge in [-0.3, -0.25) is 0 Å². The van der Waals surface area contributed by atoms with Gasteiger partial charge in [-0.15, -0.1) is 0 Å². The van der Waals surface area contributed by atoms with Crippen LogP contribution in [0.4, 0.5) is 0 Å². The van der Waals surface area contributed by atoms with Crippen LogP contribution in [0.2, 0.25) is 0 Å². The third kappa shape index (κ3) is 7.31. The minimum Gasteiger partial charge on any atom is -0.392 e. The Balaban J connectivity index is 0.00000166. The van der Waals surface area contributed by atoms with Crippen LogP contribution in [0.5, 0.6) is 0 Å². The molecule has 0 bridgehead atoms. The van der Waals surface area contributed by atoms with Gasteiger partial charge in [0.25, 0.3) is 0 Å². The molecule has 3 aromatic rings. The summed E-state index contributed by atoms with van der Waals surface area (Å²) in [7, 11) is 6.41. The van der Waals surface area contributed by atoms with Gasteiger partial charge in [0.1, 0.15) is 0 Å². The first-order valence-electron chi connectivity index (χ1n) is 11.2. The van der Waals surface area contributed by atoms with E-state index in [1.54, 1.807) is 0 Å². The minimum absolute atomic E-state index is 0.0337.